The summed E-state index contributed by atoms with van der Waals surface area (Å²) in [6.07, 6.45) is 1.30. The molecule has 35 nitrogen and oxygen atoms in total. The van der Waals surface area contributed by atoms with Crippen LogP contribution in [0.3, 0.4) is 0 Å². The zero-order valence-electron chi connectivity index (χ0n) is 58.7. The maximum atomic E-state index is 13.0. The molecular weight excluding hydrogens is 1460 g/mol. The molecule has 8 aliphatic rings. The summed E-state index contributed by atoms with van der Waals surface area (Å²) in [5, 5.41) is 27.9. The van der Waals surface area contributed by atoms with E-state index in [9.17, 15) is 96.2 Å². The quantitative estimate of drug-likeness (QED) is 0.0583. The number of rotatable bonds is 10. The number of fused-ring (bicyclic) bond motifs is 4. The number of likely N-dealkylation sites (tertiary alicyclic amines) is 4. The molecule has 4 aromatic rings. The summed E-state index contributed by atoms with van der Waals surface area (Å²) in [6, 6.07) is 13.6. The number of aromatic hydroxyl groups is 2. The van der Waals surface area contributed by atoms with Gasteiger partial charge in [0.1, 0.15) is 63.2 Å². The summed E-state index contributed by atoms with van der Waals surface area (Å²) in [6.45, 7) is 9.57. The molecule has 36 heteroatoms. The number of hydrogen-bond acceptors (Lipinski definition) is 27. The van der Waals surface area contributed by atoms with Gasteiger partial charge in [-0.2, -0.15) is 0 Å². The van der Waals surface area contributed by atoms with Crippen LogP contribution in [0, 0.1) is 0 Å². The fourth-order valence-corrected chi connectivity index (χ4v) is 11.5. The molecule has 0 aliphatic carbocycles. The lowest BCUT2D eigenvalue weighted by atomic mass is 10.0. The molecule has 4 fully saturated rings. The van der Waals surface area contributed by atoms with E-state index in [1.54, 1.807) is 20.8 Å². The van der Waals surface area contributed by atoms with Gasteiger partial charge in [-0.1, -0.05) is 40.2 Å². The number of amides is 14. The van der Waals surface area contributed by atoms with Crippen LogP contribution < -0.4 is 15.2 Å². The van der Waals surface area contributed by atoms with Gasteiger partial charge in [-0.25, -0.2) is 19.2 Å². The number of carboxylic acids is 1. The lowest BCUT2D eigenvalue weighted by Gasteiger charge is -2.32. The van der Waals surface area contributed by atoms with Crippen LogP contribution in [0.4, 0.5) is 0 Å². The molecule has 0 radical (unpaired) electrons. The number of aliphatic carboxylic acids is 1. The number of halogens is 1. The van der Waals surface area contributed by atoms with E-state index >= 15 is 0 Å². The highest BCUT2D eigenvalue weighted by atomic mass is 79.9. The van der Waals surface area contributed by atoms with E-state index in [-0.39, 0.29) is 152 Å². The van der Waals surface area contributed by atoms with Crippen molar-refractivity contribution in [1.82, 2.24) is 34.3 Å². The standard InChI is InChI=1S/C20H22N2O7.C16H14N2O7.C14H12N2O5.C8H4O4.C6H11BrO2.C6H10N2O2/c1-20(2,3)29-15(24)10-28-13-7-5-6-11-16(13)19(27)22(17(11)25)12-8-9-14(23)21(4)18(12)26;1-17-11(19)6-5-9(15(17)23)18-14(22)8-3-2-4-10(13(8)16(18)24)25-7-12(20)21;1-15-10(18)6-5-8(13(15)20)16-12(19)7-3-2-4-9(17)11(7)14(16)21;9-5-3-1-2-4-6(5)8(11)12-7(4)10;1-6(2,3)9-5(8)4-7;1-8-5(9)3-2-4(7)6(8)10/h5-7,12H,8-10H2,1-4H3;2-4,9H,5-7H2,1H3,(H,20,21);2-4,8,17H,5-6H2,1H3;1-3,9H;4H2,1-3H3;4H,2-3,7H2,1H3. The van der Waals surface area contributed by atoms with Crippen LogP contribution in [0.5, 0.6) is 23.0 Å². The first-order valence-electron chi connectivity index (χ1n) is 32.3. The fraction of sp³-hybridized carbons (Fsp3) is 0.386. The van der Waals surface area contributed by atoms with Crippen molar-refractivity contribution in [3.05, 3.63) is 117 Å². The number of phenols is 2. The van der Waals surface area contributed by atoms with Gasteiger partial charge in [-0.15, -0.1) is 0 Å². The number of carboxylic acid groups (broad SMARTS) is 1. The number of phenolic OH excluding ortho intramolecular Hbond substituents is 2. The number of nitrogens with zero attached hydrogens (tertiary/aromatic N) is 7. The number of esters is 4. The Kier molecular flexibility index (Phi) is 25.5. The van der Waals surface area contributed by atoms with Crippen molar-refractivity contribution in [3.8, 4) is 23.0 Å². The molecular formula is C70H73BrN8O27. The maximum Gasteiger partial charge on any atom is 0.350 e. The first-order chi connectivity index (χ1) is 49.5. The summed E-state index contributed by atoms with van der Waals surface area (Å²) in [7, 11) is 5.41. The van der Waals surface area contributed by atoms with Gasteiger partial charge in [0.2, 0.25) is 29.5 Å². The number of likely N-dealkylation sites (N-methyl/N-ethyl adjacent to an activating group) is 4. The fourth-order valence-electron chi connectivity index (χ4n) is 11.4. The van der Waals surface area contributed by atoms with Gasteiger partial charge in [0.05, 0.1) is 45.0 Å². The van der Waals surface area contributed by atoms with Gasteiger partial charge in [-0.05, 0) is 116 Å². The van der Waals surface area contributed by atoms with E-state index in [0.717, 1.165) is 34.3 Å². The van der Waals surface area contributed by atoms with Gasteiger partial charge < -0.3 is 44.7 Å². The third-order valence-electron chi connectivity index (χ3n) is 16.5. The Morgan fingerprint density at radius 2 is 0.774 bits per heavy atom. The number of imide groups is 7. The summed E-state index contributed by atoms with van der Waals surface area (Å²) in [5.74, 6) is -11.4. The van der Waals surface area contributed by atoms with Crippen molar-refractivity contribution >= 4 is 128 Å². The summed E-state index contributed by atoms with van der Waals surface area (Å²) in [4.78, 5) is 231. The van der Waals surface area contributed by atoms with E-state index in [4.69, 9.17) is 34.9 Å². The van der Waals surface area contributed by atoms with Gasteiger partial charge in [0, 0.05) is 53.9 Å². The first-order valence-corrected chi connectivity index (χ1v) is 33.4. The lowest BCUT2D eigenvalue weighted by molar-refractivity contribution is -0.157. The second-order valence-electron chi connectivity index (χ2n) is 26.1. The lowest BCUT2D eigenvalue weighted by Crippen LogP contribution is -2.54. The molecule has 0 saturated carbocycles. The largest absolute Gasteiger partial charge is 0.507 e. The molecule has 106 heavy (non-hydrogen) atoms. The van der Waals surface area contributed by atoms with Crippen LogP contribution in [-0.4, -0.2) is 244 Å². The number of ether oxygens (including phenoxy) is 5. The number of alkyl halides is 1. The number of benzene rings is 4. The van der Waals surface area contributed by atoms with Gasteiger partial charge in [0.15, 0.2) is 13.2 Å². The van der Waals surface area contributed by atoms with E-state index < -0.39 is 120 Å². The Bertz CT molecular complexity index is 4400. The van der Waals surface area contributed by atoms with E-state index in [2.05, 4.69) is 20.7 Å². The van der Waals surface area contributed by atoms with Gasteiger partial charge in [0.25, 0.3) is 53.2 Å². The molecule has 14 amide bonds. The zero-order valence-corrected chi connectivity index (χ0v) is 60.3. The number of hydrogen-bond donors (Lipinski definition) is 4. The molecule has 5 N–H and O–H groups in total. The Labute approximate surface area is 611 Å². The molecule has 562 valence electrons. The topological polar surface area (TPSA) is 480 Å². The van der Waals surface area contributed by atoms with Crippen LogP contribution in [-0.2, 0) is 67.0 Å². The predicted molar refractivity (Wildman–Crippen MR) is 362 cm³/mol. The van der Waals surface area contributed by atoms with Crippen LogP contribution in [0.2, 0.25) is 0 Å². The number of nitrogens with two attached hydrogens (primary N) is 1. The predicted octanol–water partition coefficient (Wildman–Crippen LogP) is 2.70. The molecule has 8 aliphatic heterocycles. The minimum absolute atomic E-state index is 0.00610. The highest BCUT2D eigenvalue weighted by Crippen LogP contribution is 2.38. The third-order valence-corrected chi connectivity index (χ3v) is 17.0. The van der Waals surface area contributed by atoms with E-state index in [1.165, 1.54) is 101 Å². The summed E-state index contributed by atoms with van der Waals surface area (Å²) < 4.78 is 24.9. The summed E-state index contributed by atoms with van der Waals surface area (Å²) in [5.41, 5.74) is 4.47. The smallest absolute Gasteiger partial charge is 0.350 e. The van der Waals surface area contributed by atoms with Crippen molar-refractivity contribution in [1.29, 1.82) is 0 Å². The zero-order chi connectivity index (χ0) is 79.0. The van der Waals surface area contributed by atoms with Gasteiger partial charge >= 0.3 is 29.8 Å². The number of carbonyl (C=O) groups excluding carboxylic acids is 18. The maximum absolute atomic E-state index is 13.0. The highest BCUT2D eigenvalue weighted by molar-refractivity contribution is 9.09. The number of carbonyl (C=O) groups is 19. The summed E-state index contributed by atoms with van der Waals surface area (Å²) >= 11 is 2.99. The monoisotopic (exact) mass is 1540 g/mol. The Morgan fingerprint density at radius 1 is 0.443 bits per heavy atom. The van der Waals surface area contributed by atoms with Crippen LogP contribution in [0.1, 0.15) is 176 Å². The number of cyclic esters (lactones) is 2. The van der Waals surface area contributed by atoms with Crippen LogP contribution >= 0.6 is 15.9 Å². The van der Waals surface area contributed by atoms with E-state index in [0.29, 0.717) is 12.8 Å². The van der Waals surface area contributed by atoms with Crippen molar-refractivity contribution in [2.45, 2.75) is 128 Å². The Morgan fingerprint density at radius 3 is 1.12 bits per heavy atom. The second kappa shape index (κ2) is 33.2. The van der Waals surface area contributed by atoms with Crippen molar-refractivity contribution in [2.24, 2.45) is 5.73 Å². The van der Waals surface area contributed by atoms with Gasteiger partial charge in [-0.3, -0.25) is 106 Å². The molecule has 0 bridgehead atoms. The average Bonchev–Trinajstić information content (AvgIpc) is 1.61. The Balaban J connectivity index is 0.000000186. The van der Waals surface area contributed by atoms with Crippen LogP contribution in [0.25, 0.3) is 0 Å². The molecule has 0 spiro atoms. The molecule has 4 aromatic carbocycles. The highest BCUT2D eigenvalue weighted by Gasteiger charge is 2.51. The van der Waals surface area contributed by atoms with Crippen molar-refractivity contribution < 1.29 is 130 Å². The SMILES string of the molecule is CC(C)(C)OC(=O)CBr.CN1C(=O)CCC(N)C1=O.CN1C(=O)CCC(N2C(=O)c3cccc(O)c3C2=O)C1=O.CN1C(=O)CCC(N2C(=O)c3cccc(OCC(=O)O)c3C2=O)C1=O.CN1C(=O)CCC(N2C(=O)c3cccc(OCC(=O)OC(C)(C)C)c3C2=O)C1=O.O=C1OC(=O)c2c(O)cccc21. The van der Waals surface area contributed by atoms with Crippen molar-refractivity contribution in [3.63, 3.8) is 0 Å². The molecule has 8 heterocycles. The number of piperidine rings is 4. The molecule has 0 aromatic heterocycles. The molecule has 4 unspecified atom stereocenters. The van der Waals surface area contributed by atoms with Crippen molar-refractivity contribution in [2.75, 3.05) is 46.7 Å². The van der Waals surface area contributed by atoms with E-state index in [1.807, 2.05) is 20.8 Å². The molecule has 4 atom stereocenters. The second-order valence-corrected chi connectivity index (χ2v) is 26.7. The first kappa shape index (κ1) is 81.3. The third kappa shape index (κ3) is 18.0. The van der Waals surface area contributed by atoms with Crippen LogP contribution in [0.15, 0.2) is 72.8 Å². The average molecular weight is 1540 g/mol. The minimum atomic E-state index is -1.23. The Hall–Kier alpha value is -12.0. The molecule has 12 rings (SSSR count). The normalized spacial score (nSPS) is 19.6. The molecule has 4 saturated heterocycles. The minimum Gasteiger partial charge on any atom is -0.507 e.